The minimum atomic E-state index is -1.18. The third kappa shape index (κ3) is 3.64. The van der Waals surface area contributed by atoms with Crippen LogP contribution in [0, 0.1) is 0 Å². The maximum atomic E-state index is 10.9. The Kier molecular flexibility index (Phi) is 3.87. The molecule has 1 aromatic rings. The summed E-state index contributed by atoms with van der Waals surface area (Å²) in [6.45, 7) is 6.39. The molecular weight excluding hydrogens is 224 g/mol. The molecule has 1 N–H and O–H groups in total. The van der Waals surface area contributed by atoms with Crippen molar-refractivity contribution in [2.45, 2.75) is 13.8 Å². The fourth-order valence-corrected chi connectivity index (χ4v) is 1.18. The molecule has 0 aromatic heterocycles. The molecule has 0 spiro atoms. The Hall–Kier alpha value is -2.30. The molecule has 0 amide bonds. The number of hydrogen-bond acceptors (Lipinski definition) is 4. The molecule has 0 fully saturated rings. The standard InChI is InChI=1S/C12H12O5/c1-7(2)16-9-4-5-10(12(14)15)11(6-9)17-8(3)13/h4-6H,1H2,2-3H3,(H,14,15). The SMILES string of the molecule is C=C(C)Oc1ccc(C(=O)O)c(OC(C)=O)c1. The van der Waals surface area contributed by atoms with Crippen molar-refractivity contribution in [2.24, 2.45) is 0 Å². The van der Waals surface area contributed by atoms with Gasteiger partial charge < -0.3 is 14.6 Å². The number of allylic oxidation sites excluding steroid dienone is 1. The molecule has 0 aliphatic heterocycles. The van der Waals surface area contributed by atoms with Crippen LogP contribution in [0.15, 0.2) is 30.5 Å². The highest BCUT2D eigenvalue weighted by molar-refractivity contribution is 5.92. The Labute approximate surface area is 98.3 Å². The average Bonchev–Trinajstić information content (AvgIpc) is 2.15. The zero-order valence-electron chi connectivity index (χ0n) is 9.52. The van der Waals surface area contributed by atoms with Crippen molar-refractivity contribution in [3.05, 3.63) is 36.1 Å². The molecule has 0 unspecified atom stereocenters. The van der Waals surface area contributed by atoms with Crippen LogP contribution in [-0.4, -0.2) is 17.0 Å². The van der Waals surface area contributed by atoms with Gasteiger partial charge >= 0.3 is 11.9 Å². The maximum absolute atomic E-state index is 10.9. The van der Waals surface area contributed by atoms with E-state index in [2.05, 4.69) is 6.58 Å². The molecule has 0 aliphatic carbocycles. The summed E-state index contributed by atoms with van der Waals surface area (Å²) in [6, 6.07) is 4.10. The lowest BCUT2D eigenvalue weighted by atomic mass is 10.2. The average molecular weight is 236 g/mol. The van der Waals surface area contributed by atoms with Gasteiger partial charge in [0.2, 0.25) is 0 Å². The van der Waals surface area contributed by atoms with E-state index >= 15 is 0 Å². The van der Waals surface area contributed by atoms with Gasteiger partial charge in [-0.15, -0.1) is 0 Å². The van der Waals surface area contributed by atoms with Gasteiger partial charge in [-0.05, 0) is 19.1 Å². The summed E-state index contributed by atoms with van der Waals surface area (Å²) < 4.78 is 9.99. The lowest BCUT2D eigenvalue weighted by Crippen LogP contribution is -2.07. The zero-order chi connectivity index (χ0) is 13.0. The van der Waals surface area contributed by atoms with Crippen LogP contribution in [0.5, 0.6) is 11.5 Å². The molecule has 0 heterocycles. The highest BCUT2D eigenvalue weighted by Gasteiger charge is 2.14. The smallest absolute Gasteiger partial charge is 0.339 e. The number of benzene rings is 1. The minimum absolute atomic E-state index is 0.0521. The van der Waals surface area contributed by atoms with Crippen molar-refractivity contribution in [1.29, 1.82) is 0 Å². The van der Waals surface area contributed by atoms with Gasteiger partial charge in [-0.1, -0.05) is 6.58 Å². The van der Waals surface area contributed by atoms with Crippen LogP contribution in [0.25, 0.3) is 0 Å². The van der Waals surface area contributed by atoms with E-state index in [-0.39, 0.29) is 11.3 Å². The molecule has 0 aliphatic rings. The number of carboxylic acid groups (broad SMARTS) is 1. The number of esters is 1. The van der Waals surface area contributed by atoms with Crippen LogP contribution in [0.4, 0.5) is 0 Å². The second-order valence-corrected chi connectivity index (χ2v) is 3.36. The van der Waals surface area contributed by atoms with Crippen molar-refractivity contribution < 1.29 is 24.2 Å². The van der Waals surface area contributed by atoms with Crippen molar-refractivity contribution in [2.75, 3.05) is 0 Å². The van der Waals surface area contributed by atoms with Crippen LogP contribution in [0.2, 0.25) is 0 Å². The lowest BCUT2D eigenvalue weighted by molar-refractivity contribution is -0.131. The van der Waals surface area contributed by atoms with Crippen molar-refractivity contribution in [1.82, 2.24) is 0 Å². The predicted octanol–water partition coefficient (Wildman–Crippen LogP) is 2.22. The van der Waals surface area contributed by atoms with E-state index in [1.807, 2.05) is 0 Å². The second kappa shape index (κ2) is 5.16. The molecule has 0 atom stereocenters. The number of ether oxygens (including phenoxy) is 2. The summed E-state index contributed by atoms with van der Waals surface area (Å²) in [5.41, 5.74) is -0.103. The Balaban J connectivity index is 3.13. The second-order valence-electron chi connectivity index (χ2n) is 3.36. The van der Waals surface area contributed by atoms with Gasteiger partial charge in [-0.2, -0.15) is 0 Å². The Bertz CT molecular complexity index is 476. The number of carboxylic acids is 1. The van der Waals surface area contributed by atoms with Crippen LogP contribution in [0.1, 0.15) is 24.2 Å². The third-order valence-electron chi connectivity index (χ3n) is 1.73. The summed E-state index contributed by atoms with van der Waals surface area (Å²) >= 11 is 0. The maximum Gasteiger partial charge on any atom is 0.339 e. The molecule has 17 heavy (non-hydrogen) atoms. The summed E-state index contributed by atoms with van der Waals surface area (Å²) in [6.07, 6.45) is 0. The van der Waals surface area contributed by atoms with Gasteiger partial charge in [-0.25, -0.2) is 4.79 Å². The van der Waals surface area contributed by atoms with E-state index in [1.54, 1.807) is 6.92 Å². The molecule has 1 aromatic carbocycles. The van der Waals surface area contributed by atoms with E-state index in [1.165, 1.54) is 25.1 Å². The van der Waals surface area contributed by atoms with Gasteiger partial charge in [0.25, 0.3) is 0 Å². The molecular formula is C12H12O5. The third-order valence-corrected chi connectivity index (χ3v) is 1.73. The van der Waals surface area contributed by atoms with Gasteiger partial charge in [-0.3, -0.25) is 4.79 Å². The quantitative estimate of drug-likeness (QED) is 0.493. The van der Waals surface area contributed by atoms with E-state index in [4.69, 9.17) is 14.6 Å². The number of carbonyl (C=O) groups excluding carboxylic acids is 1. The minimum Gasteiger partial charge on any atom is -0.478 e. The van der Waals surface area contributed by atoms with E-state index in [9.17, 15) is 9.59 Å². The summed E-state index contributed by atoms with van der Waals surface area (Å²) in [5, 5.41) is 8.90. The fraction of sp³-hybridized carbons (Fsp3) is 0.167. The Morgan fingerprint density at radius 1 is 1.24 bits per heavy atom. The number of aromatic carboxylic acids is 1. The van der Waals surface area contributed by atoms with Gasteiger partial charge in [0.1, 0.15) is 17.1 Å². The lowest BCUT2D eigenvalue weighted by Gasteiger charge is -2.09. The topological polar surface area (TPSA) is 72.8 Å². The number of rotatable bonds is 4. The van der Waals surface area contributed by atoms with Crippen LogP contribution in [0.3, 0.4) is 0 Å². The van der Waals surface area contributed by atoms with Crippen LogP contribution in [-0.2, 0) is 4.79 Å². The molecule has 0 radical (unpaired) electrons. The first-order valence-electron chi connectivity index (χ1n) is 4.79. The highest BCUT2D eigenvalue weighted by atomic mass is 16.5. The summed E-state index contributed by atoms with van der Waals surface area (Å²) in [5.74, 6) is -1.02. The monoisotopic (exact) mass is 236 g/mol. The molecule has 1 rings (SSSR count). The first kappa shape index (κ1) is 12.8. The first-order chi connectivity index (χ1) is 7.90. The Morgan fingerprint density at radius 2 is 1.88 bits per heavy atom. The molecule has 5 heteroatoms. The van der Waals surface area contributed by atoms with E-state index in [0.717, 1.165) is 0 Å². The zero-order valence-corrected chi connectivity index (χ0v) is 9.52. The Morgan fingerprint density at radius 3 is 2.35 bits per heavy atom. The molecule has 90 valence electrons. The molecule has 0 saturated carbocycles. The van der Waals surface area contributed by atoms with Crippen molar-refractivity contribution >= 4 is 11.9 Å². The molecule has 0 saturated heterocycles. The number of carbonyl (C=O) groups is 2. The van der Waals surface area contributed by atoms with Crippen molar-refractivity contribution in [3.8, 4) is 11.5 Å². The van der Waals surface area contributed by atoms with E-state index < -0.39 is 11.9 Å². The summed E-state index contributed by atoms with van der Waals surface area (Å²) in [4.78, 5) is 21.7. The summed E-state index contributed by atoms with van der Waals surface area (Å²) in [7, 11) is 0. The molecule has 0 bridgehead atoms. The van der Waals surface area contributed by atoms with Gasteiger partial charge in [0.15, 0.2) is 0 Å². The van der Waals surface area contributed by atoms with E-state index in [0.29, 0.717) is 11.5 Å². The van der Waals surface area contributed by atoms with Gasteiger partial charge in [0.05, 0.1) is 5.76 Å². The normalized spacial score (nSPS) is 9.53. The van der Waals surface area contributed by atoms with Crippen LogP contribution < -0.4 is 9.47 Å². The largest absolute Gasteiger partial charge is 0.478 e. The predicted molar refractivity (Wildman–Crippen MR) is 60.2 cm³/mol. The molecule has 5 nitrogen and oxygen atoms in total. The first-order valence-corrected chi connectivity index (χ1v) is 4.79. The van der Waals surface area contributed by atoms with Gasteiger partial charge in [0, 0.05) is 13.0 Å². The van der Waals surface area contributed by atoms with Crippen LogP contribution >= 0.6 is 0 Å². The number of hydrogen-bond donors (Lipinski definition) is 1. The van der Waals surface area contributed by atoms with Crippen molar-refractivity contribution in [3.63, 3.8) is 0 Å². The fourth-order valence-electron chi connectivity index (χ4n) is 1.18. The highest BCUT2D eigenvalue weighted by Crippen LogP contribution is 2.26.